The Morgan fingerprint density at radius 3 is 2.16 bits per heavy atom. The molecule has 0 aliphatic heterocycles. The lowest BCUT2D eigenvalue weighted by Gasteiger charge is -2.13. The summed E-state index contributed by atoms with van der Waals surface area (Å²) in [5, 5.41) is 8.95. The van der Waals surface area contributed by atoms with Gasteiger partial charge in [0.2, 0.25) is 5.95 Å². The van der Waals surface area contributed by atoms with Crippen LogP contribution in [-0.2, 0) is 0 Å². The first-order valence-electron chi connectivity index (χ1n) is 10.8. The van der Waals surface area contributed by atoms with Gasteiger partial charge in [0.05, 0.1) is 31.0 Å². The van der Waals surface area contributed by atoms with Crippen LogP contribution in [0.15, 0.2) is 48.5 Å². The summed E-state index contributed by atoms with van der Waals surface area (Å²) in [5.74, 6) is 2.62. The fourth-order valence-electron chi connectivity index (χ4n) is 4.21. The molecule has 2 aromatic carbocycles. The molecule has 0 saturated heterocycles. The summed E-state index contributed by atoms with van der Waals surface area (Å²) in [4.78, 5) is 9.58. The third-order valence-corrected chi connectivity index (χ3v) is 5.94. The quantitative estimate of drug-likeness (QED) is 0.466. The van der Waals surface area contributed by atoms with Crippen molar-refractivity contribution in [1.82, 2.24) is 19.7 Å². The van der Waals surface area contributed by atoms with E-state index in [-0.39, 0.29) is 0 Å². The summed E-state index contributed by atoms with van der Waals surface area (Å²) in [7, 11) is 3.29. The molecular formula is C24H26N6O2. The number of benzene rings is 2. The van der Waals surface area contributed by atoms with Gasteiger partial charge in [-0.2, -0.15) is 4.98 Å². The lowest BCUT2D eigenvalue weighted by molar-refractivity contribution is 0.414. The first-order valence-corrected chi connectivity index (χ1v) is 10.8. The van der Waals surface area contributed by atoms with E-state index in [1.807, 2.05) is 48.5 Å². The van der Waals surface area contributed by atoms with Crippen LogP contribution in [0.2, 0.25) is 0 Å². The summed E-state index contributed by atoms with van der Waals surface area (Å²) in [5.41, 5.74) is 9.65. The maximum absolute atomic E-state index is 6.59. The number of rotatable bonds is 6. The molecule has 0 amide bonds. The summed E-state index contributed by atoms with van der Waals surface area (Å²) in [6, 6.07) is 15.8. The van der Waals surface area contributed by atoms with Gasteiger partial charge in [0.1, 0.15) is 17.3 Å². The van der Waals surface area contributed by atoms with Crippen LogP contribution in [0.4, 0.5) is 11.8 Å². The number of nitrogens with zero attached hydrogens (tertiary/aromatic N) is 4. The SMILES string of the molecule is COc1ccc(-c2nc(NC3CCCC3)nc3nn(-c4ccc(OC)cc4)c(N)c23)cc1. The highest BCUT2D eigenvalue weighted by Gasteiger charge is 2.21. The number of aromatic nitrogens is 4. The van der Waals surface area contributed by atoms with E-state index in [4.69, 9.17) is 30.3 Å². The largest absolute Gasteiger partial charge is 0.497 e. The summed E-state index contributed by atoms with van der Waals surface area (Å²) in [6.45, 7) is 0. The van der Waals surface area contributed by atoms with E-state index in [9.17, 15) is 0 Å². The van der Waals surface area contributed by atoms with Crippen LogP contribution in [0.25, 0.3) is 28.0 Å². The first kappa shape index (κ1) is 20.1. The molecule has 0 unspecified atom stereocenters. The Morgan fingerprint density at radius 1 is 0.906 bits per heavy atom. The van der Waals surface area contributed by atoms with E-state index in [0.29, 0.717) is 23.5 Å². The van der Waals surface area contributed by atoms with Gasteiger partial charge in [-0.25, -0.2) is 9.67 Å². The van der Waals surface area contributed by atoms with E-state index in [2.05, 4.69) is 5.32 Å². The zero-order valence-corrected chi connectivity index (χ0v) is 18.2. The Hall–Kier alpha value is -3.81. The Bertz CT molecular complexity index is 1230. The number of nitrogens with one attached hydrogen (secondary N) is 1. The Morgan fingerprint density at radius 2 is 1.53 bits per heavy atom. The molecule has 2 heterocycles. The van der Waals surface area contributed by atoms with Crippen molar-refractivity contribution in [3.8, 4) is 28.4 Å². The minimum Gasteiger partial charge on any atom is -0.497 e. The molecule has 0 bridgehead atoms. The van der Waals surface area contributed by atoms with E-state index in [1.54, 1.807) is 18.9 Å². The molecule has 1 fully saturated rings. The van der Waals surface area contributed by atoms with E-state index < -0.39 is 0 Å². The van der Waals surface area contributed by atoms with Crippen molar-refractivity contribution >= 4 is 22.8 Å². The standard InChI is InChI=1S/C24H26N6O2/c1-31-18-11-7-15(8-12-18)21-20-22(25)30(17-9-13-19(32-2)14-10-17)29-23(20)28-24(27-21)26-16-5-3-4-6-16/h7-14,16H,3-6,25H2,1-2H3,(H,26,28,29). The van der Waals surface area contributed by atoms with Gasteiger partial charge in [0, 0.05) is 11.6 Å². The van der Waals surface area contributed by atoms with Gasteiger partial charge < -0.3 is 20.5 Å². The fraction of sp³-hybridized carbons (Fsp3) is 0.292. The number of hydrogen-bond donors (Lipinski definition) is 2. The van der Waals surface area contributed by atoms with Gasteiger partial charge in [-0.05, 0) is 61.4 Å². The minimum atomic E-state index is 0.386. The molecule has 2 aromatic heterocycles. The highest BCUT2D eigenvalue weighted by molar-refractivity contribution is 5.99. The zero-order valence-electron chi connectivity index (χ0n) is 18.2. The average molecular weight is 431 g/mol. The van der Waals surface area contributed by atoms with Crippen molar-refractivity contribution in [2.45, 2.75) is 31.7 Å². The topological polar surface area (TPSA) is 100 Å². The maximum atomic E-state index is 6.59. The third kappa shape index (κ3) is 3.68. The molecule has 0 radical (unpaired) electrons. The number of ether oxygens (including phenoxy) is 2. The average Bonchev–Trinajstić information content (AvgIpc) is 3.46. The molecule has 1 aliphatic rings. The molecule has 1 saturated carbocycles. The van der Waals surface area contributed by atoms with Crippen molar-refractivity contribution in [1.29, 1.82) is 0 Å². The van der Waals surface area contributed by atoms with Crippen LogP contribution in [0.5, 0.6) is 11.5 Å². The van der Waals surface area contributed by atoms with Gasteiger partial charge >= 0.3 is 0 Å². The Balaban J connectivity index is 1.65. The van der Waals surface area contributed by atoms with Crippen molar-refractivity contribution in [2.75, 3.05) is 25.3 Å². The van der Waals surface area contributed by atoms with Gasteiger partial charge in [-0.1, -0.05) is 12.8 Å². The lowest BCUT2D eigenvalue weighted by atomic mass is 10.1. The molecule has 1 aliphatic carbocycles. The number of methoxy groups -OCH3 is 2. The van der Waals surface area contributed by atoms with E-state index in [1.165, 1.54) is 12.8 Å². The van der Waals surface area contributed by atoms with E-state index in [0.717, 1.165) is 46.7 Å². The summed E-state index contributed by atoms with van der Waals surface area (Å²) in [6.07, 6.45) is 4.71. The molecule has 5 rings (SSSR count). The smallest absolute Gasteiger partial charge is 0.225 e. The highest BCUT2D eigenvalue weighted by atomic mass is 16.5. The lowest BCUT2D eigenvalue weighted by Crippen LogP contribution is -2.17. The molecular weight excluding hydrogens is 404 g/mol. The number of fused-ring (bicyclic) bond motifs is 1. The first-order chi connectivity index (χ1) is 15.7. The monoisotopic (exact) mass is 430 g/mol. The van der Waals surface area contributed by atoms with Gasteiger partial charge in [0.15, 0.2) is 5.65 Å². The molecule has 3 N–H and O–H groups in total. The van der Waals surface area contributed by atoms with Crippen LogP contribution < -0.4 is 20.5 Å². The van der Waals surface area contributed by atoms with Crippen molar-refractivity contribution < 1.29 is 9.47 Å². The molecule has 164 valence electrons. The van der Waals surface area contributed by atoms with Crippen molar-refractivity contribution in [3.63, 3.8) is 0 Å². The highest BCUT2D eigenvalue weighted by Crippen LogP contribution is 2.34. The summed E-state index contributed by atoms with van der Waals surface area (Å²) < 4.78 is 12.3. The zero-order chi connectivity index (χ0) is 22.1. The second-order valence-corrected chi connectivity index (χ2v) is 7.94. The Kier molecular flexibility index (Phi) is 5.26. The second kappa shape index (κ2) is 8.37. The maximum Gasteiger partial charge on any atom is 0.225 e. The molecule has 8 nitrogen and oxygen atoms in total. The molecule has 32 heavy (non-hydrogen) atoms. The molecule has 8 heteroatoms. The van der Waals surface area contributed by atoms with Crippen LogP contribution >= 0.6 is 0 Å². The second-order valence-electron chi connectivity index (χ2n) is 7.94. The van der Waals surface area contributed by atoms with Crippen LogP contribution in [-0.4, -0.2) is 40.0 Å². The predicted molar refractivity (Wildman–Crippen MR) is 125 cm³/mol. The van der Waals surface area contributed by atoms with Crippen LogP contribution in [0, 0.1) is 0 Å². The van der Waals surface area contributed by atoms with Crippen molar-refractivity contribution in [3.05, 3.63) is 48.5 Å². The predicted octanol–water partition coefficient (Wildman–Crippen LogP) is 4.44. The Labute approximate surface area is 186 Å². The van der Waals surface area contributed by atoms with Gasteiger partial charge in [0.25, 0.3) is 0 Å². The number of hydrogen-bond acceptors (Lipinski definition) is 7. The fourth-order valence-corrected chi connectivity index (χ4v) is 4.21. The van der Waals surface area contributed by atoms with Crippen LogP contribution in [0.3, 0.4) is 0 Å². The van der Waals surface area contributed by atoms with E-state index >= 15 is 0 Å². The van der Waals surface area contributed by atoms with Crippen molar-refractivity contribution in [2.24, 2.45) is 0 Å². The molecule has 4 aromatic rings. The molecule has 0 spiro atoms. The summed E-state index contributed by atoms with van der Waals surface area (Å²) >= 11 is 0. The number of nitrogen functional groups attached to an aromatic ring is 1. The number of nitrogens with two attached hydrogens (primary N) is 1. The van der Waals surface area contributed by atoms with Crippen LogP contribution in [0.1, 0.15) is 25.7 Å². The minimum absolute atomic E-state index is 0.386. The normalized spacial score (nSPS) is 14.1. The molecule has 0 atom stereocenters. The number of anilines is 2. The third-order valence-electron chi connectivity index (χ3n) is 5.94. The van der Waals surface area contributed by atoms with Gasteiger partial charge in [-0.15, -0.1) is 5.10 Å². The van der Waals surface area contributed by atoms with Gasteiger partial charge in [-0.3, -0.25) is 0 Å².